The molecule has 0 aliphatic heterocycles. The zero-order chi connectivity index (χ0) is 8.27. The van der Waals surface area contributed by atoms with Gasteiger partial charge in [0.1, 0.15) is 5.15 Å². The third kappa shape index (κ3) is 2.42. The lowest BCUT2D eigenvalue weighted by Gasteiger charge is -2.00. The molecule has 0 aromatic carbocycles. The van der Waals surface area contributed by atoms with Gasteiger partial charge in [-0.3, -0.25) is 0 Å². The van der Waals surface area contributed by atoms with Gasteiger partial charge < -0.3 is 0 Å². The Morgan fingerprint density at radius 1 is 1.55 bits per heavy atom. The van der Waals surface area contributed by atoms with Gasteiger partial charge in [-0.1, -0.05) is 17.7 Å². The van der Waals surface area contributed by atoms with Gasteiger partial charge in [0.2, 0.25) is 6.43 Å². The Hall–Kier alpha value is -0.700. The lowest BCUT2D eigenvalue weighted by molar-refractivity contribution is 0.149. The summed E-state index contributed by atoms with van der Waals surface area (Å²) in [5.41, 5.74) is 0.393. The molecule has 1 aromatic rings. The summed E-state index contributed by atoms with van der Waals surface area (Å²) >= 11 is 5.52. The van der Waals surface area contributed by atoms with Crippen molar-refractivity contribution in [2.24, 2.45) is 0 Å². The fourth-order valence-corrected chi connectivity index (χ4v) is 0.934. The molecule has 0 radical (unpaired) electrons. The van der Waals surface area contributed by atoms with Crippen molar-refractivity contribution in [3.05, 3.63) is 29.0 Å². The van der Waals surface area contributed by atoms with Crippen LogP contribution in [0.3, 0.4) is 0 Å². The average Bonchev–Trinajstić information content (AvgIpc) is 1.93. The maximum absolute atomic E-state index is 11.8. The lowest BCUT2D eigenvalue weighted by Crippen LogP contribution is -1.97. The molecule has 60 valence electrons. The zero-order valence-electron chi connectivity index (χ0n) is 5.60. The summed E-state index contributed by atoms with van der Waals surface area (Å²) in [6, 6.07) is 3.13. The molecule has 1 aromatic heterocycles. The van der Waals surface area contributed by atoms with Crippen LogP contribution in [-0.4, -0.2) is 11.4 Å². The van der Waals surface area contributed by atoms with E-state index in [1.807, 2.05) is 0 Å². The average molecular weight is 178 g/mol. The first kappa shape index (κ1) is 8.40. The molecule has 0 spiro atoms. The Morgan fingerprint density at radius 3 is 2.82 bits per heavy atom. The Morgan fingerprint density at radius 2 is 2.27 bits per heavy atom. The van der Waals surface area contributed by atoms with Crippen molar-refractivity contribution >= 4 is 11.6 Å². The molecule has 0 unspecified atom stereocenters. The van der Waals surface area contributed by atoms with Crippen LogP contribution in [0.2, 0.25) is 5.15 Å². The van der Waals surface area contributed by atoms with E-state index in [2.05, 4.69) is 4.98 Å². The molecule has 0 bridgehead atoms. The van der Waals surface area contributed by atoms with Crippen LogP contribution in [-0.2, 0) is 6.42 Å². The Bertz CT molecular complexity index is 240. The highest BCUT2D eigenvalue weighted by Gasteiger charge is 2.07. The number of hydrogen-bond acceptors (Lipinski definition) is 1. The molecule has 0 atom stereocenters. The van der Waals surface area contributed by atoms with E-state index in [0.717, 1.165) is 0 Å². The van der Waals surface area contributed by atoms with Gasteiger partial charge >= 0.3 is 0 Å². The van der Waals surface area contributed by atoms with Gasteiger partial charge in [-0.15, -0.1) is 0 Å². The Kier molecular flexibility index (Phi) is 2.76. The van der Waals surface area contributed by atoms with Crippen LogP contribution in [0.1, 0.15) is 5.56 Å². The van der Waals surface area contributed by atoms with Crippen molar-refractivity contribution in [2.75, 3.05) is 0 Å². The zero-order valence-corrected chi connectivity index (χ0v) is 6.35. The minimum atomic E-state index is -2.36. The highest BCUT2D eigenvalue weighted by molar-refractivity contribution is 6.30. The van der Waals surface area contributed by atoms with Crippen molar-refractivity contribution in [2.45, 2.75) is 12.8 Å². The summed E-state index contributed by atoms with van der Waals surface area (Å²) in [5.74, 6) is 0. The van der Waals surface area contributed by atoms with Crippen molar-refractivity contribution in [1.82, 2.24) is 4.98 Å². The molecule has 0 fully saturated rings. The molecule has 0 amide bonds. The number of pyridine rings is 1. The molecule has 1 rings (SSSR count). The summed E-state index contributed by atoms with van der Waals surface area (Å²) in [7, 11) is 0. The third-order valence-electron chi connectivity index (χ3n) is 1.21. The second-order valence-electron chi connectivity index (χ2n) is 2.05. The van der Waals surface area contributed by atoms with Crippen LogP contribution in [0.25, 0.3) is 0 Å². The fourth-order valence-electron chi connectivity index (χ4n) is 0.738. The lowest BCUT2D eigenvalue weighted by atomic mass is 10.2. The summed E-state index contributed by atoms with van der Waals surface area (Å²) in [6.07, 6.45) is -1.22. The van der Waals surface area contributed by atoms with E-state index in [4.69, 9.17) is 11.6 Å². The Balaban J connectivity index is 2.78. The van der Waals surface area contributed by atoms with E-state index in [9.17, 15) is 8.78 Å². The maximum Gasteiger partial charge on any atom is 0.242 e. The van der Waals surface area contributed by atoms with Crippen LogP contribution in [0, 0.1) is 0 Å². The number of alkyl halides is 2. The molecule has 0 aliphatic rings. The van der Waals surface area contributed by atoms with Gasteiger partial charge in [-0.25, -0.2) is 13.8 Å². The van der Waals surface area contributed by atoms with E-state index in [1.54, 1.807) is 12.1 Å². The highest BCUT2D eigenvalue weighted by atomic mass is 35.5. The largest absolute Gasteiger partial charge is 0.244 e. The van der Waals surface area contributed by atoms with Crippen LogP contribution >= 0.6 is 11.6 Å². The van der Waals surface area contributed by atoms with Gasteiger partial charge in [-0.2, -0.15) is 0 Å². The van der Waals surface area contributed by atoms with Crippen molar-refractivity contribution in [1.29, 1.82) is 0 Å². The normalized spacial score (nSPS) is 10.5. The molecular formula is C7H6ClF2N. The van der Waals surface area contributed by atoms with Crippen LogP contribution in [0.15, 0.2) is 18.3 Å². The van der Waals surface area contributed by atoms with E-state index < -0.39 is 6.43 Å². The van der Waals surface area contributed by atoms with Gasteiger partial charge in [0.15, 0.2) is 0 Å². The molecule has 1 nitrogen and oxygen atoms in total. The maximum atomic E-state index is 11.8. The molecule has 0 N–H and O–H groups in total. The first-order valence-corrected chi connectivity index (χ1v) is 3.45. The number of aromatic nitrogens is 1. The van der Waals surface area contributed by atoms with E-state index in [0.29, 0.717) is 5.56 Å². The second kappa shape index (κ2) is 3.62. The van der Waals surface area contributed by atoms with E-state index >= 15 is 0 Å². The molecular weight excluding hydrogens is 172 g/mol. The third-order valence-corrected chi connectivity index (χ3v) is 1.55. The smallest absolute Gasteiger partial charge is 0.242 e. The first-order valence-electron chi connectivity index (χ1n) is 3.07. The SMILES string of the molecule is FC(F)Cc1cccnc1Cl. The molecule has 11 heavy (non-hydrogen) atoms. The number of nitrogens with zero attached hydrogens (tertiary/aromatic N) is 1. The molecule has 4 heteroatoms. The summed E-state index contributed by atoms with van der Waals surface area (Å²) < 4.78 is 23.6. The summed E-state index contributed by atoms with van der Waals surface area (Å²) in [4.78, 5) is 3.66. The quantitative estimate of drug-likeness (QED) is 0.633. The van der Waals surface area contributed by atoms with E-state index in [-0.39, 0.29) is 11.6 Å². The second-order valence-corrected chi connectivity index (χ2v) is 2.41. The van der Waals surface area contributed by atoms with Crippen molar-refractivity contribution in [3.8, 4) is 0 Å². The predicted octanol–water partition coefficient (Wildman–Crippen LogP) is 2.54. The highest BCUT2D eigenvalue weighted by Crippen LogP contribution is 2.14. The topological polar surface area (TPSA) is 12.9 Å². The number of hydrogen-bond donors (Lipinski definition) is 0. The van der Waals surface area contributed by atoms with Crippen LogP contribution in [0.4, 0.5) is 8.78 Å². The first-order chi connectivity index (χ1) is 5.20. The van der Waals surface area contributed by atoms with Crippen molar-refractivity contribution < 1.29 is 8.78 Å². The molecule has 0 saturated heterocycles. The minimum Gasteiger partial charge on any atom is -0.244 e. The van der Waals surface area contributed by atoms with Crippen LogP contribution in [0.5, 0.6) is 0 Å². The predicted molar refractivity (Wildman–Crippen MR) is 39.0 cm³/mol. The molecule has 0 aliphatic carbocycles. The van der Waals surface area contributed by atoms with Crippen LogP contribution < -0.4 is 0 Å². The monoisotopic (exact) mass is 177 g/mol. The number of rotatable bonds is 2. The molecule has 0 saturated carbocycles. The summed E-state index contributed by atoms with van der Waals surface area (Å²) in [5, 5.41) is 0.160. The van der Waals surface area contributed by atoms with Gasteiger partial charge in [0.25, 0.3) is 0 Å². The standard InChI is InChI=1S/C7H6ClF2N/c8-7-5(4-6(9)10)2-1-3-11-7/h1-3,6H,4H2. The van der Waals surface area contributed by atoms with Gasteiger partial charge in [0.05, 0.1) is 0 Å². The van der Waals surface area contributed by atoms with E-state index in [1.165, 1.54) is 6.20 Å². The minimum absolute atomic E-state index is 0.160. The fraction of sp³-hybridized carbons (Fsp3) is 0.286. The van der Waals surface area contributed by atoms with Gasteiger partial charge in [-0.05, 0) is 11.6 Å². The number of halogens is 3. The van der Waals surface area contributed by atoms with Crippen molar-refractivity contribution in [3.63, 3.8) is 0 Å². The molecule has 1 heterocycles. The summed E-state index contributed by atoms with van der Waals surface area (Å²) in [6.45, 7) is 0. The Labute approximate surface area is 68.0 Å². The van der Waals surface area contributed by atoms with Gasteiger partial charge in [0, 0.05) is 12.6 Å².